The summed E-state index contributed by atoms with van der Waals surface area (Å²) in [5.41, 5.74) is 13.6. The molecule has 0 bridgehead atoms. The zero-order chi connectivity index (χ0) is 39.2. The van der Waals surface area contributed by atoms with Crippen LogP contribution in [0, 0.1) is 0 Å². The van der Waals surface area contributed by atoms with Crippen LogP contribution in [0.2, 0.25) is 0 Å². The van der Waals surface area contributed by atoms with Gasteiger partial charge in [0.15, 0.2) is 0 Å². The van der Waals surface area contributed by atoms with E-state index in [9.17, 15) is 0 Å². The van der Waals surface area contributed by atoms with Crippen molar-refractivity contribution in [3.05, 3.63) is 265 Å². The average molecular weight is 745 g/mol. The van der Waals surface area contributed by atoms with Gasteiger partial charge in [-0.05, 0) is 106 Å². The van der Waals surface area contributed by atoms with Crippen LogP contribution < -0.4 is 9.80 Å². The van der Waals surface area contributed by atoms with E-state index in [1.54, 1.807) is 0 Å². The van der Waals surface area contributed by atoms with Crippen LogP contribution in [0.15, 0.2) is 243 Å². The predicted molar refractivity (Wildman–Crippen MR) is 250 cm³/mol. The summed E-state index contributed by atoms with van der Waals surface area (Å²) in [6.45, 7) is 0. The number of nitrogens with zero attached hydrogens (tertiary/aromatic N) is 2. The topological polar surface area (TPSA) is 6.48 Å². The molecule has 2 nitrogen and oxygen atoms in total. The van der Waals surface area contributed by atoms with Crippen LogP contribution in [0.25, 0.3) is 35.4 Å². The van der Waals surface area contributed by atoms with E-state index in [4.69, 9.17) is 0 Å². The fourth-order valence-electron chi connectivity index (χ4n) is 6.92. The summed E-state index contributed by atoms with van der Waals surface area (Å²) in [7, 11) is 0. The maximum absolute atomic E-state index is 2.30. The second-order valence-corrected chi connectivity index (χ2v) is 13.9. The lowest BCUT2D eigenvalue weighted by molar-refractivity contribution is 1.28. The van der Waals surface area contributed by atoms with Crippen LogP contribution in [0.5, 0.6) is 0 Å². The highest BCUT2D eigenvalue weighted by molar-refractivity contribution is 5.81. The number of para-hydroxylation sites is 2. The first-order valence-electron chi connectivity index (χ1n) is 19.7. The van der Waals surface area contributed by atoms with Gasteiger partial charge >= 0.3 is 0 Å². The number of hydrogen-bond donors (Lipinski definition) is 0. The lowest BCUT2D eigenvalue weighted by atomic mass is 10.0. The average Bonchev–Trinajstić information content (AvgIpc) is 3.30. The van der Waals surface area contributed by atoms with Gasteiger partial charge in [-0.2, -0.15) is 0 Å². The zero-order valence-corrected chi connectivity index (χ0v) is 32.3. The largest absolute Gasteiger partial charge is 0.311 e. The Hall–Kier alpha value is -7.68. The molecule has 2 heteroatoms. The molecule has 0 aliphatic carbocycles. The van der Waals surface area contributed by atoms with Crippen LogP contribution in [0.1, 0.15) is 22.3 Å². The fraction of sp³-hybridized carbons (Fsp3) is 0. The van der Waals surface area contributed by atoms with Crippen LogP contribution in [-0.2, 0) is 0 Å². The van der Waals surface area contributed by atoms with Crippen molar-refractivity contribution in [2.45, 2.75) is 0 Å². The highest BCUT2D eigenvalue weighted by Gasteiger charge is 2.14. The van der Waals surface area contributed by atoms with Crippen molar-refractivity contribution in [3.8, 4) is 11.1 Å². The minimum atomic E-state index is 1.10. The van der Waals surface area contributed by atoms with Crippen LogP contribution in [0.4, 0.5) is 34.1 Å². The molecule has 0 aliphatic rings. The van der Waals surface area contributed by atoms with E-state index in [-0.39, 0.29) is 0 Å². The second kappa shape index (κ2) is 18.8. The molecule has 278 valence electrons. The van der Waals surface area contributed by atoms with Crippen molar-refractivity contribution in [1.29, 1.82) is 0 Å². The molecular weight excluding hydrogens is 701 g/mol. The molecule has 0 aliphatic heterocycles. The van der Waals surface area contributed by atoms with E-state index in [1.807, 2.05) is 12.1 Å². The monoisotopic (exact) mass is 744 g/mol. The number of anilines is 6. The molecule has 0 saturated carbocycles. The lowest BCUT2D eigenvalue weighted by Gasteiger charge is -2.26. The summed E-state index contributed by atoms with van der Waals surface area (Å²) in [6.07, 6.45) is 16.8. The first-order valence-corrected chi connectivity index (χ1v) is 19.7. The molecule has 0 saturated heterocycles. The molecular formula is C56H44N2. The first-order chi connectivity index (χ1) is 28.8. The molecule has 8 aromatic rings. The Labute approximate surface area is 343 Å². The van der Waals surface area contributed by atoms with Crippen LogP contribution >= 0.6 is 0 Å². The Bertz CT molecular complexity index is 2400. The number of allylic oxidation sites excluding steroid dienone is 4. The molecule has 8 rings (SSSR count). The molecule has 0 fully saturated rings. The third-order valence-corrected chi connectivity index (χ3v) is 9.89. The van der Waals surface area contributed by atoms with Gasteiger partial charge in [0.05, 0.1) is 0 Å². The van der Waals surface area contributed by atoms with Gasteiger partial charge in [-0.25, -0.2) is 0 Å². The van der Waals surface area contributed by atoms with E-state index in [0.29, 0.717) is 0 Å². The molecule has 0 heterocycles. The molecule has 0 radical (unpaired) electrons. The lowest BCUT2D eigenvalue weighted by Crippen LogP contribution is -2.10. The van der Waals surface area contributed by atoms with Crippen LogP contribution in [-0.4, -0.2) is 0 Å². The maximum Gasteiger partial charge on any atom is 0.0462 e. The Balaban J connectivity index is 0.994. The van der Waals surface area contributed by atoms with Crippen molar-refractivity contribution < 1.29 is 0 Å². The first kappa shape index (κ1) is 37.3. The Kier molecular flexibility index (Phi) is 12.1. The molecule has 0 unspecified atom stereocenters. The number of benzene rings is 8. The van der Waals surface area contributed by atoms with Crippen LogP contribution in [0.3, 0.4) is 0 Å². The van der Waals surface area contributed by atoms with Gasteiger partial charge in [-0.1, -0.05) is 194 Å². The minimum Gasteiger partial charge on any atom is -0.311 e. The van der Waals surface area contributed by atoms with E-state index in [1.165, 1.54) is 11.1 Å². The molecule has 8 aromatic carbocycles. The summed E-state index contributed by atoms with van der Waals surface area (Å²) in [6, 6.07) is 76.9. The van der Waals surface area contributed by atoms with Gasteiger partial charge in [0.25, 0.3) is 0 Å². The zero-order valence-electron chi connectivity index (χ0n) is 32.3. The van der Waals surface area contributed by atoms with E-state index >= 15 is 0 Å². The van der Waals surface area contributed by atoms with Crippen molar-refractivity contribution >= 4 is 58.4 Å². The van der Waals surface area contributed by atoms with Crippen molar-refractivity contribution in [3.63, 3.8) is 0 Å². The molecule has 0 amide bonds. The van der Waals surface area contributed by atoms with E-state index in [0.717, 1.165) is 56.4 Å². The molecule has 0 N–H and O–H groups in total. The normalized spacial score (nSPS) is 11.5. The second-order valence-electron chi connectivity index (χ2n) is 13.9. The standard InChI is InChI=1S/C56H44N2/c1-5-17-45(18-6-1)21-13-15-23-47-29-37-53(38-30-47)57(51-25-9-3-10-26-51)55-41-33-49(34-42-55)50-35-43-56(44-36-50)58(52-27-11-4-12-28-52)54-39-31-48(32-40-54)24-16-14-22-46-19-7-2-8-20-46/h1-44H/b21-13+,22-14+,23-15-,24-16+. The molecule has 0 spiro atoms. The highest BCUT2D eigenvalue weighted by atomic mass is 15.1. The SMILES string of the molecule is C(=C/c1ccc(N(c2ccccc2)c2ccc(-c3ccc(N(c4ccccc4)c4ccc(/C=C/C=C/c5ccccc5)cc4)cc3)cc2)cc1)/C=C/c1ccccc1. The van der Waals surface area contributed by atoms with Gasteiger partial charge in [0.1, 0.15) is 0 Å². The summed E-state index contributed by atoms with van der Waals surface area (Å²) < 4.78 is 0. The van der Waals surface area contributed by atoms with Crippen molar-refractivity contribution in [2.24, 2.45) is 0 Å². The Morgan fingerprint density at radius 3 is 0.724 bits per heavy atom. The highest BCUT2D eigenvalue weighted by Crippen LogP contribution is 2.38. The van der Waals surface area contributed by atoms with Gasteiger partial charge in [-0.15, -0.1) is 0 Å². The van der Waals surface area contributed by atoms with E-state index < -0.39 is 0 Å². The Morgan fingerprint density at radius 2 is 0.431 bits per heavy atom. The van der Waals surface area contributed by atoms with Crippen molar-refractivity contribution in [1.82, 2.24) is 0 Å². The van der Waals surface area contributed by atoms with E-state index in [2.05, 4.69) is 265 Å². The summed E-state index contributed by atoms with van der Waals surface area (Å²) in [4.78, 5) is 4.60. The van der Waals surface area contributed by atoms with Gasteiger partial charge in [0, 0.05) is 34.1 Å². The maximum atomic E-state index is 2.30. The summed E-state index contributed by atoms with van der Waals surface area (Å²) >= 11 is 0. The third-order valence-electron chi connectivity index (χ3n) is 9.89. The summed E-state index contributed by atoms with van der Waals surface area (Å²) in [5, 5.41) is 0. The van der Waals surface area contributed by atoms with Crippen molar-refractivity contribution in [2.75, 3.05) is 9.80 Å². The summed E-state index contributed by atoms with van der Waals surface area (Å²) in [5.74, 6) is 0. The van der Waals surface area contributed by atoms with Gasteiger partial charge < -0.3 is 9.80 Å². The van der Waals surface area contributed by atoms with Gasteiger partial charge in [0.2, 0.25) is 0 Å². The predicted octanol–water partition coefficient (Wildman–Crippen LogP) is 15.7. The Morgan fingerprint density at radius 1 is 0.207 bits per heavy atom. The number of rotatable bonds is 13. The molecule has 58 heavy (non-hydrogen) atoms. The number of hydrogen-bond acceptors (Lipinski definition) is 2. The third kappa shape index (κ3) is 9.57. The quantitative estimate of drug-likeness (QED) is 0.108. The van der Waals surface area contributed by atoms with Gasteiger partial charge in [-0.3, -0.25) is 0 Å². The molecule has 0 aromatic heterocycles. The molecule has 0 atom stereocenters. The minimum absolute atomic E-state index is 1.10. The smallest absolute Gasteiger partial charge is 0.0462 e. The fourth-order valence-corrected chi connectivity index (χ4v) is 6.92.